The average molecular weight is 431 g/mol. The van der Waals surface area contributed by atoms with E-state index in [4.69, 9.17) is 4.74 Å². The zero-order chi connectivity index (χ0) is 22.1. The van der Waals surface area contributed by atoms with Crippen molar-refractivity contribution >= 4 is 11.9 Å². The molecule has 0 spiro atoms. The normalized spacial score (nSPS) is 16.7. The van der Waals surface area contributed by atoms with E-state index in [1.807, 2.05) is 0 Å². The van der Waals surface area contributed by atoms with Gasteiger partial charge in [0.25, 0.3) is 5.91 Å². The van der Waals surface area contributed by atoms with E-state index in [9.17, 15) is 27.2 Å². The van der Waals surface area contributed by atoms with Gasteiger partial charge in [-0.15, -0.1) is 0 Å². The molecule has 0 aromatic heterocycles. The first-order valence-electron chi connectivity index (χ1n) is 10.6. The number of halogens is 4. The zero-order valence-electron chi connectivity index (χ0n) is 17.3. The standard InChI is InChI=1S/C22H29F4NO3/c1-2-3-4-5-6-7-8-14-30-21(29)19-10-9-13-27(19)20(28)17-15-16(22(24,25)26)11-12-18(17)23/h11-12,15,19H,2-10,13-14H2,1H3. The highest BCUT2D eigenvalue weighted by molar-refractivity contribution is 5.97. The number of rotatable bonds is 10. The summed E-state index contributed by atoms with van der Waals surface area (Å²) in [5.41, 5.74) is -1.79. The maximum Gasteiger partial charge on any atom is 0.416 e. The lowest BCUT2D eigenvalue weighted by atomic mass is 10.1. The van der Waals surface area contributed by atoms with E-state index in [2.05, 4.69) is 6.92 Å². The molecule has 8 heteroatoms. The molecule has 0 aliphatic carbocycles. The van der Waals surface area contributed by atoms with Crippen LogP contribution in [0.15, 0.2) is 18.2 Å². The first kappa shape index (κ1) is 24.2. The molecule has 0 N–H and O–H groups in total. The highest BCUT2D eigenvalue weighted by atomic mass is 19.4. The number of benzene rings is 1. The van der Waals surface area contributed by atoms with Gasteiger partial charge in [0.15, 0.2) is 0 Å². The fourth-order valence-electron chi connectivity index (χ4n) is 3.60. The maximum absolute atomic E-state index is 14.1. The average Bonchev–Trinajstić information content (AvgIpc) is 3.19. The van der Waals surface area contributed by atoms with E-state index in [1.165, 1.54) is 19.3 Å². The van der Waals surface area contributed by atoms with Gasteiger partial charge in [0.1, 0.15) is 11.9 Å². The molecule has 1 aromatic rings. The van der Waals surface area contributed by atoms with Gasteiger partial charge in [-0.25, -0.2) is 9.18 Å². The van der Waals surface area contributed by atoms with E-state index in [-0.39, 0.29) is 13.2 Å². The summed E-state index contributed by atoms with van der Waals surface area (Å²) in [7, 11) is 0. The number of carbonyl (C=O) groups is 2. The van der Waals surface area contributed by atoms with Gasteiger partial charge in [0.2, 0.25) is 0 Å². The molecular weight excluding hydrogens is 402 g/mol. The number of alkyl halides is 3. The zero-order valence-corrected chi connectivity index (χ0v) is 17.3. The summed E-state index contributed by atoms with van der Waals surface area (Å²) in [5.74, 6) is -2.55. The second-order valence-corrected chi connectivity index (χ2v) is 7.64. The number of esters is 1. The van der Waals surface area contributed by atoms with Crippen LogP contribution in [-0.4, -0.2) is 36.0 Å². The smallest absolute Gasteiger partial charge is 0.416 e. The Balaban J connectivity index is 1.91. The SMILES string of the molecule is CCCCCCCCCOC(=O)C1CCCN1C(=O)c1cc(C(F)(F)F)ccc1F. The molecule has 30 heavy (non-hydrogen) atoms. The summed E-state index contributed by atoms with van der Waals surface area (Å²) in [5, 5.41) is 0. The van der Waals surface area contributed by atoms with Crippen LogP contribution in [0.2, 0.25) is 0 Å². The van der Waals surface area contributed by atoms with E-state index in [1.54, 1.807) is 0 Å². The Labute approximate surface area is 174 Å². The second kappa shape index (κ2) is 11.3. The summed E-state index contributed by atoms with van der Waals surface area (Å²) in [6, 6.07) is 0.817. The van der Waals surface area contributed by atoms with E-state index in [0.29, 0.717) is 31.0 Å². The first-order valence-corrected chi connectivity index (χ1v) is 10.6. The number of ether oxygens (including phenoxy) is 1. The third-order valence-electron chi connectivity index (χ3n) is 5.30. The van der Waals surface area contributed by atoms with Gasteiger partial charge in [-0.05, 0) is 37.5 Å². The largest absolute Gasteiger partial charge is 0.464 e. The third-order valence-corrected chi connectivity index (χ3v) is 5.30. The summed E-state index contributed by atoms with van der Waals surface area (Å²) >= 11 is 0. The lowest BCUT2D eigenvalue weighted by Gasteiger charge is -2.24. The molecule has 1 amide bonds. The van der Waals surface area contributed by atoms with Crippen molar-refractivity contribution in [3.05, 3.63) is 35.1 Å². The third kappa shape index (κ3) is 6.71. The molecular formula is C22H29F4NO3. The Hall–Kier alpha value is -2.12. The van der Waals surface area contributed by atoms with E-state index < -0.39 is 41.0 Å². The lowest BCUT2D eigenvalue weighted by Crippen LogP contribution is -2.42. The van der Waals surface area contributed by atoms with Gasteiger partial charge in [-0.1, -0.05) is 45.4 Å². The predicted octanol–water partition coefficient (Wildman–Crippen LogP) is 5.74. The van der Waals surface area contributed by atoms with Gasteiger partial charge in [-0.2, -0.15) is 13.2 Å². The monoisotopic (exact) mass is 431 g/mol. The van der Waals surface area contributed by atoms with Crippen LogP contribution in [0.25, 0.3) is 0 Å². The fourth-order valence-corrected chi connectivity index (χ4v) is 3.60. The number of hydrogen-bond acceptors (Lipinski definition) is 3. The first-order chi connectivity index (χ1) is 14.3. The quantitative estimate of drug-likeness (QED) is 0.270. The van der Waals surface area contributed by atoms with Crippen molar-refractivity contribution in [2.24, 2.45) is 0 Å². The molecule has 0 saturated carbocycles. The van der Waals surface area contributed by atoms with Crippen LogP contribution in [0.3, 0.4) is 0 Å². The summed E-state index contributed by atoms with van der Waals surface area (Å²) < 4.78 is 58.1. The van der Waals surface area contributed by atoms with Crippen LogP contribution in [-0.2, 0) is 15.7 Å². The van der Waals surface area contributed by atoms with Gasteiger partial charge in [0.05, 0.1) is 17.7 Å². The van der Waals surface area contributed by atoms with Crippen molar-refractivity contribution in [3.8, 4) is 0 Å². The van der Waals surface area contributed by atoms with E-state index >= 15 is 0 Å². The Morgan fingerprint density at radius 1 is 1.10 bits per heavy atom. The molecule has 1 fully saturated rings. The number of carbonyl (C=O) groups excluding carboxylic acids is 2. The molecule has 1 aromatic carbocycles. The van der Waals surface area contributed by atoms with Crippen molar-refractivity contribution in [1.29, 1.82) is 0 Å². The van der Waals surface area contributed by atoms with Crippen molar-refractivity contribution in [3.63, 3.8) is 0 Å². The highest BCUT2D eigenvalue weighted by Crippen LogP contribution is 2.31. The maximum atomic E-state index is 14.1. The minimum atomic E-state index is -4.69. The van der Waals surface area contributed by atoms with Gasteiger partial charge >= 0.3 is 12.1 Å². The van der Waals surface area contributed by atoms with Crippen LogP contribution >= 0.6 is 0 Å². The number of unbranched alkanes of at least 4 members (excludes halogenated alkanes) is 6. The topological polar surface area (TPSA) is 46.6 Å². The van der Waals surface area contributed by atoms with Crippen molar-refractivity contribution in [2.45, 2.75) is 76.9 Å². The van der Waals surface area contributed by atoms with Crippen LogP contribution in [0, 0.1) is 5.82 Å². The van der Waals surface area contributed by atoms with Crippen LogP contribution in [0.5, 0.6) is 0 Å². The summed E-state index contributed by atoms with van der Waals surface area (Å²) in [6.45, 7) is 2.56. The number of likely N-dealkylation sites (tertiary alicyclic amines) is 1. The molecule has 1 heterocycles. The Kier molecular flexibility index (Phi) is 9.11. The minimum absolute atomic E-state index is 0.172. The number of hydrogen-bond donors (Lipinski definition) is 0. The number of nitrogens with zero attached hydrogens (tertiary/aromatic N) is 1. The molecule has 1 aliphatic rings. The molecule has 1 atom stereocenters. The van der Waals surface area contributed by atoms with Gasteiger partial charge in [0, 0.05) is 6.54 Å². The Morgan fingerprint density at radius 2 is 1.77 bits per heavy atom. The van der Waals surface area contributed by atoms with E-state index in [0.717, 1.165) is 30.6 Å². The van der Waals surface area contributed by atoms with Gasteiger partial charge < -0.3 is 9.64 Å². The highest BCUT2D eigenvalue weighted by Gasteiger charge is 2.38. The van der Waals surface area contributed by atoms with Crippen LogP contribution < -0.4 is 0 Å². The van der Waals surface area contributed by atoms with Crippen molar-refractivity contribution in [1.82, 2.24) is 4.90 Å². The second-order valence-electron chi connectivity index (χ2n) is 7.64. The van der Waals surface area contributed by atoms with Crippen LogP contribution in [0.1, 0.15) is 80.6 Å². The summed E-state index contributed by atoms with van der Waals surface area (Å²) in [6.07, 6.45) is 3.64. The lowest BCUT2D eigenvalue weighted by molar-refractivity contribution is -0.148. The molecule has 168 valence electrons. The minimum Gasteiger partial charge on any atom is -0.464 e. The summed E-state index contributed by atoms with van der Waals surface area (Å²) in [4.78, 5) is 26.2. The Bertz CT molecular complexity index is 721. The van der Waals surface area contributed by atoms with Gasteiger partial charge in [-0.3, -0.25) is 4.79 Å². The molecule has 0 radical (unpaired) electrons. The van der Waals surface area contributed by atoms with Crippen molar-refractivity contribution in [2.75, 3.05) is 13.2 Å². The molecule has 1 aliphatic heterocycles. The fraction of sp³-hybridized carbons (Fsp3) is 0.636. The van der Waals surface area contributed by atoms with Crippen molar-refractivity contribution < 1.29 is 31.9 Å². The molecule has 1 unspecified atom stereocenters. The molecule has 2 rings (SSSR count). The van der Waals surface area contributed by atoms with Crippen LogP contribution in [0.4, 0.5) is 17.6 Å². The molecule has 0 bridgehead atoms. The molecule has 4 nitrogen and oxygen atoms in total. The predicted molar refractivity (Wildman–Crippen MR) is 104 cm³/mol. The number of amides is 1. The molecule has 1 saturated heterocycles. The Morgan fingerprint density at radius 3 is 2.43 bits per heavy atom.